The quantitative estimate of drug-likeness (QED) is 0.657. The molecule has 0 radical (unpaired) electrons. The predicted octanol–water partition coefficient (Wildman–Crippen LogP) is 0.188. The van der Waals surface area contributed by atoms with E-state index < -0.39 is 16.1 Å². The minimum absolute atomic E-state index is 0.0196. The van der Waals surface area contributed by atoms with Crippen molar-refractivity contribution in [2.45, 2.75) is 18.2 Å². The molecule has 0 aliphatic carbocycles. The zero-order valence-electron chi connectivity index (χ0n) is 8.73. The summed E-state index contributed by atoms with van der Waals surface area (Å²) in [6.07, 6.45) is 0.509. The number of carbonyl (C=O) groups excluding carboxylic acids is 1. The molecule has 0 aliphatic rings. The van der Waals surface area contributed by atoms with Crippen molar-refractivity contribution in [2.75, 3.05) is 5.73 Å². The fraction of sp³-hybridized carbons (Fsp3) is 0.222. The molecule has 0 saturated carbocycles. The van der Waals surface area contributed by atoms with Gasteiger partial charge in [0, 0.05) is 5.69 Å². The first-order valence-electron chi connectivity index (χ1n) is 4.57. The van der Waals surface area contributed by atoms with Crippen molar-refractivity contribution in [3.63, 3.8) is 0 Å². The Morgan fingerprint density at radius 3 is 2.56 bits per heavy atom. The van der Waals surface area contributed by atoms with Crippen molar-refractivity contribution >= 4 is 21.7 Å². The average Bonchev–Trinajstić information content (AvgIpc) is 2.15. The van der Waals surface area contributed by atoms with Crippen LogP contribution in [-0.2, 0) is 16.4 Å². The van der Waals surface area contributed by atoms with Gasteiger partial charge >= 0.3 is 6.03 Å². The molecule has 7 heteroatoms. The van der Waals surface area contributed by atoms with Crippen LogP contribution >= 0.6 is 0 Å². The van der Waals surface area contributed by atoms with Crippen LogP contribution in [0.5, 0.6) is 0 Å². The molecule has 0 saturated heterocycles. The summed E-state index contributed by atoms with van der Waals surface area (Å²) in [6.45, 7) is 1.80. The minimum atomic E-state index is -3.93. The normalized spacial score (nSPS) is 11.1. The van der Waals surface area contributed by atoms with E-state index in [-0.39, 0.29) is 4.90 Å². The van der Waals surface area contributed by atoms with Crippen LogP contribution in [-0.4, -0.2) is 14.4 Å². The smallest absolute Gasteiger partial charge is 0.326 e. The van der Waals surface area contributed by atoms with E-state index in [1.54, 1.807) is 23.8 Å². The molecule has 1 rings (SSSR count). The summed E-state index contributed by atoms with van der Waals surface area (Å²) in [4.78, 5) is 10.6. The van der Waals surface area contributed by atoms with Crippen molar-refractivity contribution in [3.8, 4) is 0 Å². The standard InChI is InChI=1S/C9H13N3O3S/c1-2-6-3-4-7(10)5-8(6)16(14,15)12-9(11)13/h3-5H,2,10H2,1H3,(H3,11,12,13). The third-order valence-electron chi connectivity index (χ3n) is 2.00. The van der Waals surface area contributed by atoms with E-state index in [1.807, 2.05) is 0 Å². The highest BCUT2D eigenvalue weighted by Gasteiger charge is 2.19. The molecule has 0 aliphatic heterocycles. The first-order valence-corrected chi connectivity index (χ1v) is 6.05. The number of primary amides is 1. The van der Waals surface area contributed by atoms with Gasteiger partial charge in [-0.25, -0.2) is 17.9 Å². The van der Waals surface area contributed by atoms with Crippen LogP contribution in [0.15, 0.2) is 23.1 Å². The summed E-state index contributed by atoms with van der Waals surface area (Å²) in [6, 6.07) is 3.38. The Labute approximate surface area is 93.7 Å². The summed E-state index contributed by atoms with van der Waals surface area (Å²) < 4.78 is 25.1. The van der Waals surface area contributed by atoms with Gasteiger partial charge in [-0.3, -0.25) is 0 Å². The van der Waals surface area contributed by atoms with Crippen LogP contribution in [0.1, 0.15) is 12.5 Å². The molecule has 1 aromatic rings. The number of benzene rings is 1. The van der Waals surface area contributed by atoms with Gasteiger partial charge in [-0.2, -0.15) is 0 Å². The fourth-order valence-electron chi connectivity index (χ4n) is 1.30. The van der Waals surface area contributed by atoms with Crippen LogP contribution in [0.4, 0.5) is 10.5 Å². The van der Waals surface area contributed by atoms with E-state index >= 15 is 0 Å². The highest BCUT2D eigenvalue weighted by atomic mass is 32.2. The van der Waals surface area contributed by atoms with Gasteiger partial charge in [0.05, 0.1) is 4.90 Å². The van der Waals surface area contributed by atoms with Gasteiger partial charge < -0.3 is 11.5 Å². The predicted molar refractivity (Wildman–Crippen MR) is 60.1 cm³/mol. The molecule has 0 unspecified atom stereocenters. The third kappa shape index (κ3) is 2.63. The van der Waals surface area contributed by atoms with E-state index in [9.17, 15) is 13.2 Å². The molecular formula is C9H13N3O3S. The van der Waals surface area contributed by atoms with Crippen LogP contribution in [0.2, 0.25) is 0 Å². The maximum absolute atomic E-state index is 11.7. The Kier molecular flexibility index (Phi) is 3.38. The lowest BCUT2D eigenvalue weighted by molar-refractivity contribution is 0.253. The van der Waals surface area contributed by atoms with Crippen molar-refractivity contribution < 1.29 is 13.2 Å². The summed E-state index contributed by atoms with van der Waals surface area (Å²) >= 11 is 0. The molecule has 0 fully saturated rings. The zero-order chi connectivity index (χ0) is 12.3. The SMILES string of the molecule is CCc1ccc(N)cc1S(=O)(=O)NC(N)=O. The van der Waals surface area contributed by atoms with Gasteiger partial charge in [-0.15, -0.1) is 0 Å². The fourth-order valence-corrected chi connectivity index (χ4v) is 2.52. The second kappa shape index (κ2) is 4.40. The first-order chi connectivity index (χ1) is 7.36. The summed E-state index contributed by atoms with van der Waals surface area (Å²) in [5.41, 5.74) is 11.2. The lowest BCUT2D eigenvalue weighted by atomic mass is 10.1. The van der Waals surface area contributed by atoms with Crippen LogP contribution < -0.4 is 16.2 Å². The number of anilines is 1. The van der Waals surface area contributed by atoms with Crippen molar-refractivity contribution in [1.29, 1.82) is 0 Å². The number of nitrogens with two attached hydrogens (primary N) is 2. The van der Waals surface area contributed by atoms with Gasteiger partial charge in [0.1, 0.15) is 0 Å². The molecule has 6 nitrogen and oxygen atoms in total. The van der Waals surface area contributed by atoms with Crippen LogP contribution in [0.25, 0.3) is 0 Å². The first kappa shape index (κ1) is 12.3. The molecule has 0 atom stereocenters. The molecule has 1 aromatic carbocycles. The van der Waals surface area contributed by atoms with Crippen molar-refractivity contribution in [1.82, 2.24) is 4.72 Å². The lowest BCUT2D eigenvalue weighted by Gasteiger charge is -2.09. The Hall–Kier alpha value is -1.76. The van der Waals surface area contributed by atoms with Crippen molar-refractivity contribution in [2.24, 2.45) is 5.73 Å². The van der Waals surface area contributed by atoms with Crippen LogP contribution in [0, 0.1) is 0 Å². The molecule has 5 N–H and O–H groups in total. The second-order valence-electron chi connectivity index (χ2n) is 3.19. The summed E-state index contributed by atoms with van der Waals surface area (Å²) in [7, 11) is -3.93. The molecule has 88 valence electrons. The van der Waals surface area contributed by atoms with Gasteiger partial charge in [0.25, 0.3) is 10.0 Å². The van der Waals surface area contributed by atoms with Gasteiger partial charge in [-0.05, 0) is 24.1 Å². The molecule has 0 bridgehead atoms. The number of urea groups is 1. The van der Waals surface area contributed by atoms with Gasteiger partial charge in [0.2, 0.25) is 0 Å². The number of carbonyl (C=O) groups is 1. The number of amides is 2. The van der Waals surface area contributed by atoms with E-state index in [2.05, 4.69) is 0 Å². The zero-order valence-corrected chi connectivity index (χ0v) is 9.54. The van der Waals surface area contributed by atoms with Crippen molar-refractivity contribution in [3.05, 3.63) is 23.8 Å². The molecular weight excluding hydrogens is 230 g/mol. The molecule has 2 amide bonds. The Morgan fingerprint density at radius 2 is 2.06 bits per heavy atom. The maximum Gasteiger partial charge on any atom is 0.326 e. The number of nitrogen functional groups attached to an aromatic ring is 1. The summed E-state index contributed by atoms with van der Waals surface area (Å²) in [5.74, 6) is 0. The third-order valence-corrected chi connectivity index (χ3v) is 3.43. The molecule has 0 spiro atoms. The van der Waals surface area contributed by atoms with E-state index in [1.165, 1.54) is 6.07 Å². The largest absolute Gasteiger partial charge is 0.399 e. The number of aryl methyl sites for hydroxylation is 1. The van der Waals surface area contributed by atoms with E-state index in [0.717, 1.165) is 0 Å². The monoisotopic (exact) mass is 243 g/mol. The molecule has 0 heterocycles. The number of nitrogens with one attached hydrogen (secondary N) is 1. The summed E-state index contributed by atoms with van der Waals surface area (Å²) in [5, 5.41) is 0. The number of rotatable bonds is 3. The van der Waals surface area contributed by atoms with E-state index in [0.29, 0.717) is 17.7 Å². The Balaban J connectivity index is 3.31. The number of hydrogen-bond donors (Lipinski definition) is 3. The Bertz CT molecular complexity index is 511. The van der Waals surface area contributed by atoms with Gasteiger partial charge in [0.15, 0.2) is 0 Å². The van der Waals surface area contributed by atoms with Gasteiger partial charge in [-0.1, -0.05) is 13.0 Å². The average molecular weight is 243 g/mol. The highest BCUT2D eigenvalue weighted by Crippen LogP contribution is 2.19. The minimum Gasteiger partial charge on any atom is -0.399 e. The number of hydrogen-bond acceptors (Lipinski definition) is 4. The maximum atomic E-state index is 11.7. The Morgan fingerprint density at radius 1 is 1.44 bits per heavy atom. The molecule has 0 aromatic heterocycles. The topological polar surface area (TPSA) is 115 Å². The van der Waals surface area contributed by atoms with E-state index in [4.69, 9.17) is 11.5 Å². The second-order valence-corrected chi connectivity index (χ2v) is 4.84. The lowest BCUT2D eigenvalue weighted by Crippen LogP contribution is -2.35. The van der Waals surface area contributed by atoms with Crippen LogP contribution in [0.3, 0.4) is 0 Å². The highest BCUT2D eigenvalue weighted by molar-refractivity contribution is 7.90. The molecule has 16 heavy (non-hydrogen) atoms. The number of sulfonamides is 1.